The van der Waals surface area contributed by atoms with E-state index in [1.165, 1.54) is 0 Å². The maximum absolute atomic E-state index is 13.0. The lowest BCUT2D eigenvalue weighted by molar-refractivity contribution is -0.126. The first-order valence-corrected chi connectivity index (χ1v) is 10.7. The molecule has 1 aromatic rings. The van der Waals surface area contributed by atoms with Crippen molar-refractivity contribution < 1.29 is 19.1 Å². The van der Waals surface area contributed by atoms with Gasteiger partial charge in [-0.3, -0.25) is 4.79 Å². The molecule has 0 radical (unpaired) electrons. The Balaban J connectivity index is 1.72. The number of methoxy groups -OCH3 is 1. The largest absolute Gasteiger partial charge is 0.497 e. The molecule has 5 amide bonds. The Morgan fingerprint density at radius 1 is 1.13 bits per heavy atom. The number of benzene rings is 1. The fourth-order valence-electron chi connectivity index (χ4n) is 4.33. The minimum atomic E-state index is -0.468. The summed E-state index contributed by atoms with van der Waals surface area (Å²) in [7, 11) is 3.38. The van der Waals surface area contributed by atoms with Crippen LogP contribution in [0.2, 0.25) is 0 Å². The van der Waals surface area contributed by atoms with E-state index in [1.807, 2.05) is 38.1 Å². The summed E-state index contributed by atoms with van der Waals surface area (Å²) in [5, 5.41) is 5.89. The number of carbonyl (C=O) groups excluding carboxylic acids is 3. The highest BCUT2D eigenvalue weighted by atomic mass is 16.5. The molecule has 0 bridgehead atoms. The van der Waals surface area contributed by atoms with Crippen molar-refractivity contribution in [2.75, 3.05) is 46.9 Å². The van der Waals surface area contributed by atoms with E-state index in [-0.39, 0.29) is 24.0 Å². The number of carbonyl (C=O) groups is 3. The molecule has 31 heavy (non-hydrogen) atoms. The molecule has 1 aromatic carbocycles. The van der Waals surface area contributed by atoms with Crippen molar-refractivity contribution >= 4 is 18.0 Å². The van der Waals surface area contributed by atoms with E-state index < -0.39 is 5.41 Å². The maximum Gasteiger partial charge on any atom is 0.317 e. The molecule has 2 aliphatic rings. The van der Waals surface area contributed by atoms with E-state index in [9.17, 15) is 14.4 Å². The number of rotatable bonds is 4. The minimum absolute atomic E-state index is 0.0156. The minimum Gasteiger partial charge on any atom is -0.497 e. The summed E-state index contributed by atoms with van der Waals surface area (Å²) in [6.45, 7) is 6.43. The topological polar surface area (TPSA) is 94.2 Å². The van der Waals surface area contributed by atoms with Crippen molar-refractivity contribution in [1.29, 1.82) is 0 Å². The monoisotopic (exact) mass is 431 g/mol. The Morgan fingerprint density at radius 3 is 2.39 bits per heavy atom. The molecule has 3 rings (SSSR count). The van der Waals surface area contributed by atoms with Gasteiger partial charge in [0.15, 0.2) is 0 Å². The molecule has 2 N–H and O–H groups in total. The molecule has 1 spiro atoms. The molecule has 9 heteroatoms. The highest BCUT2D eigenvalue weighted by Gasteiger charge is 2.47. The summed E-state index contributed by atoms with van der Waals surface area (Å²) < 4.78 is 5.24. The Hall–Kier alpha value is -2.97. The number of hydrogen-bond acceptors (Lipinski definition) is 4. The van der Waals surface area contributed by atoms with E-state index in [0.717, 1.165) is 11.3 Å². The number of ether oxygens (including phenoxy) is 1. The van der Waals surface area contributed by atoms with Gasteiger partial charge < -0.3 is 30.1 Å². The summed E-state index contributed by atoms with van der Waals surface area (Å²) in [6, 6.07) is 7.20. The predicted octanol–water partition coefficient (Wildman–Crippen LogP) is 1.49. The second-order valence-electron chi connectivity index (χ2n) is 8.88. The average Bonchev–Trinajstić information content (AvgIpc) is 2.88. The van der Waals surface area contributed by atoms with Crippen LogP contribution in [0.5, 0.6) is 5.75 Å². The lowest BCUT2D eigenvalue weighted by Gasteiger charge is -2.33. The van der Waals surface area contributed by atoms with Gasteiger partial charge in [0.2, 0.25) is 5.91 Å². The van der Waals surface area contributed by atoms with E-state index in [0.29, 0.717) is 45.7 Å². The summed E-state index contributed by atoms with van der Waals surface area (Å²) in [6.07, 6.45) is 0.328. The number of hydrogen-bond donors (Lipinski definition) is 2. The van der Waals surface area contributed by atoms with Crippen LogP contribution in [0.4, 0.5) is 9.59 Å². The van der Waals surface area contributed by atoms with Gasteiger partial charge in [0.25, 0.3) is 0 Å². The van der Waals surface area contributed by atoms with Gasteiger partial charge >= 0.3 is 12.1 Å². The molecular formula is C22H33N5O4. The molecule has 0 saturated carbocycles. The first-order chi connectivity index (χ1) is 14.7. The number of likely N-dealkylation sites (tertiary alicyclic amines) is 1. The predicted molar refractivity (Wildman–Crippen MR) is 117 cm³/mol. The molecule has 2 heterocycles. The molecule has 0 aliphatic carbocycles. The normalized spacial score (nSPS) is 21.5. The molecule has 2 fully saturated rings. The van der Waals surface area contributed by atoms with Crippen LogP contribution in [0, 0.1) is 5.41 Å². The van der Waals surface area contributed by atoms with E-state index in [2.05, 4.69) is 10.6 Å². The highest BCUT2D eigenvalue weighted by Crippen LogP contribution is 2.34. The summed E-state index contributed by atoms with van der Waals surface area (Å²) in [5.74, 6) is 0.780. The standard InChI is InChI=1S/C22H33N5O4/c1-16(2)24-21(30)27-9-8-26(14-22(15-27)11-19(28)25(3)13-22)20(29)23-12-17-6-5-7-18(10-17)31-4/h5-7,10,16H,8-9,11-15H2,1-4H3,(H,23,29)(H,24,30)/t22-/m0/s1. The smallest absolute Gasteiger partial charge is 0.317 e. The zero-order valence-electron chi connectivity index (χ0n) is 18.8. The van der Waals surface area contributed by atoms with Crippen molar-refractivity contribution in [3.63, 3.8) is 0 Å². The van der Waals surface area contributed by atoms with Crippen molar-refractivity contribution in [1.82, 2.24) is 25.3 Å². The van der Waals surface area contributed by atoms with Crippen LogP contribution in [0.25, 0.3) is 0 Å². The van der Waals surface area contributed by atoms with Crippen molar-refractivity contribution in [3.05, 3.63) is 29.8 Å². The molecule has 0 aromatic heterocycles. The van der Waals surface area contributed by atoms with Crippen LogP contribution in [0.1, 0.15) is 25.8 Å². The zero-order chi connectivity index (χ0) is 22.6. The Labute approximate surface area is 183 Å². The SMILES string of the molecule is COc1cccc(CNC(=O)N2CCN(C(=O)NC(C)C)C[C@]3(CC(=O)N(C)C3)C2)c1. The quantitative estimate of drug-likeness (QED) is 0.755. The van der Waals surface area contributed by atoms with Crippen LogP contribution in [-0.4, -0.2) is 85.6 Å². The van der Waals surface area contributed by atoms with Gasteiger partial charge in [0.05, 0.1) is 7.11 Å². The number of nitrogens with zero attached hydrogens (tertiary/aromatic N) is 3. The second kappa shape index (κ2) is 9.45. The first-order valence-electron chi connectivity index (χ1n) is 10.7. The fraction of sp³-hybridized carbons (Fsp3) is 0.591. The van der Waals surface area contributed by atoms with Crippen molar-refractivity contribution in [2.24, 2.45) is 5.41 Å². The third kappa shape index (κ3) is 5.59. The molecule has 9 nitrogen and oxygen atoms in total. The highest BCUT2D eigenvalue weighted by molar-refractivity contribution is 5.81. The average molecular weight is 432 g/mol. The van der Waals surface area contributed by atoms with Gasteiger partial charge in [0.1, 0.15) is 5.75 Å². The Kier molecular flexibility index (Phi) is 6.92. The fourth-order valence-corrected chi connectivity index (χ4v) is 4.33. The Bertz CT molecular complexity index is 830. The first kappa shape index (κ1) is 22.7. The molecule has 170 valence electrons. The van der Waals surface area contributed by atoms with Gasteiger partial charge in [-0.05, 0) is 31.5 Å². The van der Waals surface area contributed by atoms with Crippen LogP contribution >= 0.6 is 0 Å². The van der Waals surface area contributed by atoms with Crippen LogP contribution < -0.4 is 15.4 Å². The Morgan fingerprint density at radius 2 is 1.81 bits per heavy atom. The number of nitrogens with one attached hydrogen (secondary N) is 2. The van der Waals surface area contributed by atoms with E-state index in [4.69, 9.17) is 4.74 Å². The van der Waals surface area contributed by atoms with Gasteiger partial charge in [-0.25, -0.2) is 9.59 Å². The number of urea groups is 2. The van der Waals surface area contributed by atoms with Gasteiger partial charge in [0, 0.05) is 64.2 Å². The van der Waals surface area contributed by atoms with Gasteiger partial charge in [-0.15, -0.1) is 0 Å². The lowest BCUT2D eigenvalue weighted by Crippen LogP contribution is -2.49. The molecule has 1 atom stereocenters. The molecule has 2 saturated heterocycles. The third-order valence-electron chi connectivity index (χ3n) is 5.78. The lowest BCUT2D eigenvalue weighted by atomic mass is 9.86. The van der Waals surface area contributed by atoms with Crippen LogP contribution in [-0.2, 0) is 11.3 Å². The van der Waals surface area contributed by atoms with Gasteiger partial charge in [-0.2, -0.15) is 0 Å². The summed E-state index contributed by atoms with van der Waals surface area (Å²) in [4.78, 5) is 43.2. The van der Waals surface area contributed by atoms with E-state index in [1.54, 1.807) is 28.9 Å². The van der Waals surface area contributed by atoms with E-state index >= 15 is 0 Å². The second-order valence-corrected chi connectivity index (χ2v) is 8.88. The number of amides is 5. The summed E-state index contributed by atoms with van der Waals surface area (Å²) in [5.41, 5.74) is 0.468. The maximum atomic E-state index is 13.0. The summed E-state index contributed by atoms with van der Waals surface area (Å²) >= 11 is 0. The molecule has 2 aliphatic heterocycles. The van der Waals surface area contributed by atoms with Crippen molar-refractivity contribution in [3.8, 4) is 5.75 Å². The third-order valence-corrected chi connectivity index (χ3v) is 5.78. The van der Waals surface area contributed by atoms with Crippen LogP contribution in [0.3, 0.4) is 0 Å². The van der Waals surface area contributed by atoms with Crippen LogP contribution in [0.15, 0.2) is 24.3 Å². The molecular weight excluding hydrogens is 398 g/mol. The zero-order valence-corrected chi connectivity index (χ0v) is 18.8. The molecule has 0 unspecified atom stereocenters. The van der Waals surface area contributed by atoms with Gasteiger partial charge in [-0.1, -0.05) is 12.1 Å². The van der Waals surface area contributed by atoms with Crippen molar-refractivity contribution in [2.45, 2.75) is 32.9 Å².